The summed E-state index contributed by atoms with van der Waals surface area (Å²) in [6, 6.07) is 0. The van der Waals surface area contributed by atoms with Crippen LogP contribution in [-0.4, -0.2) is 67.8 Å². The summed E-state index contributed by atoms with van der Waals surface area (Å²) in [7, 11) is 0. The van der Waals surface area contributed by atoms with E-state index in [9.17, 15) is 18.8 Å². The van der Waals surface area contributed by atoms with Crippen molar-refractivity contribution >= 4 is 29.5 Å². The molecule has 0 bridgehead atoms. The summed E-state index contributed by atoms with van der Waals surface area (Å²) in [6.07, 6.45) is -7.18. The Hall–Kier alpha value is -1.45. The molecule has 0 amide bonds. The molecule has 1 saturated heterocycles. The average Bonchev–Trinajstić information content (AvgIpc) is 2.48. The van der Waals surface area contributed by atoms with E-state index in [-0.39, 0.29) is 19.1 Å². The lowest BCUT2D eigenvalue weighted by Gasteiger charge is -2.41. The molecule has 0 aromatic rings. The molecule has 8 nitrogen and oxygen atoms in total. The highest BCUT2D eigenvalue weighted by Gasteiger charge is 2.51. The number of halogens is 2. The molecule has 0 aliphatic carbocycles. The molecular formula is C14H20ClFO8. The van der Waals surface area contributed by atoms with E-state index in [0.717, 1.165) is 13.8 Å². The van der Waals surface area contributed by atoms with Crippen molar-refractivity contribution < 1.29 is 42.5 Å². The molecule has 1 aliphatic rings. The van der Waals surface area contributed by atoms with Crippen LogP contribution in [0.1, 0.15) is 20.8 Å². The summed E-state index contributed by atoms with van der Waals surface area (Å²) in [5.74, 6) is -2.03. The van der Waals surface area contributed by atoms with Crippen molar-refractivity contribution in [1.29, 1.82) is 0 Å². The fraction of sp³-hybridized carbons (Fsp3) is 0.786. The number of rotatable bonds is 7. The predicted octanol–water partition coefficient (Wildman–Crippen LogP) is 0.731. The maximum atomic E-state index is 14.6. The van der Waals surface area contributed by atoms with Crippen molar-refractivity contribution in [3.63, 3.8) is 0 Å². The van der Waals surface area contributed by atoms with Gasteiger partial charge in [-0.05, 0) is 0 Å². The van der Waals surface area contributed by atoms with Gasteiger partial charge in [0.05, 0.1) is 6.61 Å². The second kappa shape index (κ2) is 9.75. The molecule has 0 radical (unpaired) electrons. The van der Waals surface area contributed by atoms with Crippen LogP contribution in [0.25, 0.3) is 0 Å². The average molecular weight is 371 g/mol. The first-order chi connectivity index (χ1) is 11.3. The van der Waals surface area contributed by atoms with Crippen molar-refractivity contribution in [2.45, 2.75) is 51.5 Å². The number of esters is 3. The first-order valence-electron chi connectivity index (χ1n) is 7.21. The molecule has 1 aliphatic heterocycles. The molecule has 1 rings (SSSR count). The second-order valence-electron chi connectivity index (χ2n) is 5.00. The highest BCUT2D eigenvalue weighted by molar-refractivity contribution is 6.17. The van der Waals surface area contributed by atoms with Crippen molar-refractivity contribution in [2.75, 3.05) is 19.1 Å². The smallest absolute Gasteiger partial charge is 0.303 e. The van der Waals surface area contributed by atoms with Gasteiger partial charge in [-0.1, -0.05) is 0 Å². The Kier molecular flexibility index (Phi) is 8.37. The van der Waals surface area contributed by atoms with Gasteiger partial charge >= 0.3 is 17.9 Å². The van der Waals surface area contributed by atoms with E-state index in [1.165, 1.54) is 6.92 Å². The largest absolute Gasteiger partial charge is 0.463 e. The molecule has 0 N–H and O–H groups in total. The number of hydrogen-bond donors (Lipinski definition) is 0. The van der Waals surface area contributed by atoms with Gasteiger partial charge in [0.1, 0.15) is 12.7 Å². The Balaban J connectivity index is 3.01. The van der Waals surface area contributed by atoms with Crippen LogP contribution in [0, 0.1) is 0 Å². The SMILES string of the molecule is CC(=O)OC[C@H]1OC(OCCCl)[C@H](F)[C@@H](OC(C)=O)[C@@H]1OC(C)=O. The molecule has 1 heterocycles. The molecular weight excluding hydrogens is 351 g/mol. The number of carbonyl (C=O) groups excluding carboxylic acids is 3. The quantitative estimate of drug-likeness (QED) is 0.367. The lowest BCUT2D eigenvalue weighted by Crippen LogP contribution is -2.60. The predicted molar refractivity (Wildman–Crippen MR) is 78.0 cm³/mol. The van der Waals surface area contributed by atoms with Crippen LogP contribution in [0.15, 0.2) is 0 Å². The molecule has 24 heavy (non-hydrogen) atoms. The Morgan fingerprint density at radius 3 is 2.12 bits per heavy atom. The standard InChI is InChI=1S/C14H20ClFO8/c1-7(17)21-6-10-12(22-8(2)18)13(23-9(3)19)11(16)14(24-10)20-5-4-15/h10-14H,4-6H2,1-3H3/t10-,11-,12-,13-,14?/m1/s1. The lowest BCUT2D eigenvalue weighted by molar-refractivity contribution is -0.291. The second-order valence-corrected chi connectivity index (χ2v) is 5.38. The molecule has 10 heteroatoms. The zero-order valence-corrected chi connectivity index (χ0v) is 14.3. The van der Waals surface area contributed by atoms with Crippen LogP contribution in [0.5, 0.6) is 0 Å². The molecule has 1 unspecified atom stereocenters. The minimum atomic E-state index is -1.92. The van der Waals surface area contributed by atoms with Gasteiger partial charge in [0.15, 0.2) is 24.7 Å². The van der Waals surface area contributed by atoms with E-state index in [1.54, 1.807) is 0 Å². The normalized spacial score (nSPS) is 29.6. The van der Waals surface area contributed by atoms with Gasteiger partial charge in [0.2, 0.25) is 0 Å². The minimum Gasteiger partial charge on any atom is -0.463 e. The third-order valence-corrected chi connectivity index (χ3v) is 3.14. The Morgan fingerprint density at radius 1 is 1.04 bits per heavy atom. The summed E-state index contributed by atoms with van der Waals surface area (Å²) in [5.41, 5.74) is 0. The minimum absolute atomic E-state index is 0.0159. The zero-order valence-electron chi connectivity index (χ0n) is 13.5. The first kappa shape index (κ1) is 20.6. The summed E-state index contributed by atoms with van der Waals surface area (Å²) < 4.78 is 39.9. The number of alkyl halides is 2. The third kappa shape index (κ3) is 6.21. The number of hydrogen-bond acceptors (Lipinski definition) is 8. The van der Waals surface area contributed by atoms with Gasteiger partial charge in [-0.25, -0.2) is 4.39 Å². The molecule has 0 spiro atoms. The summed E-state index contributed by atoms with van der Waals surface area (Å²) in [6.45, 7) is 3.02. The van der Waals surface area contributed by atoms with Crippen molar-refractivity contribution in [3.05, 3.63) is 0 Å². The Bertz CT molecular complexity index is 460. The van der Waals surface area contributed by atoms with Gasteiger partial charge in [-0.2, -0.15) is 0 Å². The van der Waals surface area contributed by atoms with Crippen molar-refractivity contribution in [1.82, 2.24) is 0 Å². The summed E-state index contributed by atoms with van der Waals surface area (Å²) in [4.78, 5) is 33.6. The van der Waals surface area contributed by atoms with E-state index in [0.29, 0.717) is 0 Å². The van der Waals surface area contributed by atoms with Crippen LogP contribution in [-0.2, 0) is 38.1 Å². The number of ether oxygens (including phenoxy) is 5. The van der Waals surface area contributed by atoms with Crippen molar-refractivity contribution in [2.24, 2.45) is 0 Å². The maximum absolute atomic E-state index is 14.6. The van der Waals surface area contributed by atoms with Crippen LogP contribution in [0.2, 0.25) is 0 Å². The van der Waals surface area contributed by atoms with Crippen LogP contribution in [0.4, 0.5) is 4.39 Å². The van der Waals surface area contributed by atoms with E-state index in [4.69, 9.17) is 35.3 Å². The summed E-state index contributed by atoms with van der Waals surface area (Å²) >= 11 is 5.50. The lowest BCUT2D eigenvalue weighted by atomic mass is 9.99. The Labute approximate surface area is 143 Å². The molecule has 0 aromatic carbocycles. The number of carbonyl (C=O) groups is 3. The van der Waals surface area contributed by atoms with E-state index >= 15 is 0 Å². The van der Waals surface area contributed by atoms with Crippen LogP contribution in [0.3, 0.4) is 0 Å². The van der Waals surface area contributed by atoms with Crippen LogP contribution >= 0.6 is 11.6 Å². The third-order valence-electron chi connectivity index (χ3n) is 2.99. The van der Waals surface area contributed by atoms with E-state index in [1.807, 2.05) is 0 Å². The van der Waals surface area contributed by atoms with E-state index < -0.39 is 48.7 Å². The molecule has 0 saturated carbocycles. The fourth-order valence-corrected chi connectivity index (χ4v) is 2.25. The van der Waals surface area contributed by atoms with Gasteiger partial charge in [-0.3, -0.25) is 14.4 Å². The van der Waals surface area contributed by atoms with Crippen molar-refractivity contribution in [3.8, 4) is 0 Å². The van der Waals surface area contributed by atoms with Crippen LogP contribution < -0.4 is 0 Å². The molecule has 5 atom stereocenters. The first-order valence-corrected chi connectivity index (χ1v) is 7.74. The topological polar surface area (TPSA) is 97.4 Å². The summed E-state index contributed by atoms with van der Waals surface area (Å²) in [5, 5.41) is 0. The Morgan fingerprint density at radius 2 is 1.62 bits per heavy atom. The monoisotopic (exact) mass is 370 g/mol. The maximum Gasteiger partial charge on any atom is 0.303 e. The van der Waals surface area contributed by atoms with Gasteiger partial charge in [-0.15, -0.1) is 11.6 Å². The van der Waals surface area contributed by atoms with Gasteiger partial charge in [0, 0.05) is 26.7 Å². The molecule has 0 aromatic heterocycles. The fourth-order valence-electron chi connectivity index (χ4n) is 2.16. The van der Waals surface area contributed by atoms with Gasteiger partial charge in [0.25, 0.3) is 0 Å². The highest BCUT2D eigenvalue weighted by Crippen LogP contribution is 2.29. The zero-order chi connectivity index (χ0) is 18.3. The van der Waals surface area contributed by atoms with E-state index in [2.05, 4.69) is 0 Å². The molecule has 138 valence electrons. The highest BCUT2D eigenvalue weighted by atomic mass is 35.5. The molecule has 1 fully saturated rings. The van der Waals surface area contributed by atoms with Gasteiger partial charge < -0.3 is 23.7 Å².